The third-order valence-corrected chi connectivity index (χ3v) is 4.82. The van der Waals surface area contributed by atoms with E-state index in [1.54, 1.807) is 11.8 Å². The van der Waals surface area contributed by atoms with Crippen molar-refractivity contribution in [2.45, 2.75) is 42.3 Å². The van der Waals surface area contributed by atoms with Crippen LogP contribution >= 0.6 is 27.7 Å². The van der Waals surface area contributed by atoms with Crippen LogP contribution in [0.2, 0.25) is 0 Å². The van der Waals surface area contributed by atoms with Gasteiger partial charge in [-0.15, -0.1) is 10.2 Å². The van der Waals surface area contributed by atoms with E-state index in [2.05, 4.69) is 30.7 Å². The Morgan fingerprint density at radius 2 is 2.11 bits per heavy atom. The normalized spacial score (nSPS) is 15.0. The van der Waals surface area contributed by atoms with E-state index in [0.29, 0.717) is 0 Å². The molecule has 0 aliphatic carbocycles. The number of nitrogens with zero attached hydrogens (tertiary/aromatic N) is 3. The second kappa shape index (κ2) is 5.54. The Morgan fingerprint density at radius 3 is 2.95 bits per heavy atom. The summed E-state index contributed by atoms with van der Waals surface area (Å²) in [5, 5.41) is 9.56. The number of aromatic nitrogens is 3. The second-order valence-electron chi connectivity index (χ2n) is 4.65. The summed E-state index contributed by atoms with van der Waals surface area (Å²) in [7, 11) is 0. The average Bonchev–Trinajstić information content (AvgIpc) is 2.61. The minimum atomic E-state index is 0.769. The van der Waals surface area contributed by atoms with E-state index in [9.17, 15) is 0 Å². The second-order valence-corrected chi connectivity index (χ2v) is 6.57. The van der Waals surface area contributed by atoms with Crippen molar-refractivity contribution in [3.63, 3.8) is 0 Å². The van der Waals surface area contributed by atoms with Gasteiger partial charge in [-0.1, -0.05) is 22.4 Å². The van der Waals surface area contributed by atoms with E-state index >= 15 is 0 Å². The highest BCUT2D eigenvalue weighted by Crippen LogP contribution is 2.33. The SMILES string of the molecule is Nc1cc(Br)ccc1Sc1nnc2n1CCCCC2. The van der Waals surface area contributed by atoms with E-state index in [1.165, 1.54) is 19.3 Å². The van der Waals surface area contributed by atoms with Crippen LogP contribution in [-0.2, 0) is 13.0 Å². The van der Waals surface area contributed by atoms with Crippen LogP contribution in [0.5, 0.6) is 0 Å². The monoisotopic (exact) mass is 338 g/mol. The summed E-state index contributed by atoms with van der Waals surface area (Å²) in [5.74, 6) is 1.11. The molecule has 4 nitrogen and oxygen atoms in total. The highest BCUT2D eigenvalue weighted by Gasteiger charge is 2.16. The lowest BCUT2D eigenvalue weighted by molar-refractivity contribution is 0.591. The molecule has 2 N–H and O–H groups in total. The lowest BCUT2D eigenvalue weighted by Gasteiger charge is -2.08. The number of nitrogens with two attached hydrogens (primary N) is 1. The first-order valence-corrected chi connectivity index (χ1v) is 8.00. The van der Waals surface area contributed by atoms with Crippen molar-refractivity contribution in [3.05, 3.63) is 28.5 Å². The van der Waals surface area contributed by atoms with Gasteiger partial charge >= 0.3 is 0 Å². The van der Waals surface area contributed by atoms with Crippen LogP contribution in [0, 0.1) is 0 Å². The topological polar surface area (TPSA) is 56.7 Å². The molecule has 0 fully saturated rings. The van der Waals surface area contributed by atoms with Gasteiger partial charge in [-0.3, -0.25) is 0 Å². The molecule has 0 saturated heterocycles. The van der Waals surface area contributed by atoms with Crippen LogP contribution in [0.3, 0.4) is 0 Å². The van der Waals surface area contributed by atoms with Crippen molar-refractivity contribution in [2.24, 2.45) is 0 Å². The van der Waals surface area contributed by atoms with E-state index in [1.807, 2.05) is 18.2 Å². The zero-order valence-electron chi connectivity index (χ0n) is 10.5. The predicted molar refractivity (Wildman–Crippen MR) is 80.3 cm³/mol. The van der Waals surface area contributed by atoms with Crippen molar-refractivity contribution >= 4 is 33.4 Å². The van der Waals surface area contributed by atoms with E-state index in [4.69, 9.17) is 5.73 Å². The van der Waals surface area contributed by atoms with Crippen LogP contribution in [0.25, 0.3) is 0 Å². The van der Waals surface area contributed by atoms with Crippen LogP contribution in [0.1, 0.15) is 25.1 Å². The Balaban J connectivity index is 1.89. The fourth-order valence-electron chi connectivity index (χ4n) is 2.24. The Morgan fingerprint density at radius 1 is 1.21 bits per heavy atom. The number of hydrogen-bond acceptors (Lipinski definition) is 4. The van der Waals surface area contributed by atoms with Gasteiger partial charge in [0.1, 0.15) is 5.82 Å². The molecule has 0 amide bonds. The summed E-state index contributed by atoms with van der Waals surface area (Å²) in [5.41, 5.74) is 6.81. The molecule has 0 radical (unpaired) electrons. The maximum absolute atomic E-state index is 6.04. The van der Waals surface area contributed by atoms with Gasteiger partial charge in [0.05, 0.1) is 0 Å². The Hall–Kier alpha value is -1.01. The number of hydrogen-bond donors (Lipinski definition) is 1. The molecule has 1 aromatic heterocycles. The Kier molecular flexibility index (Phi) is 3.79. The van der Waals surface area contributed by atoms with E-state index in [-0.39, 0.29) is 0 Å². The molecule has 1 aliphatic rings. The van der Waals surface area contributed by atoms with Crippen LogP contribution < -0.4 is 5.73 Å². The number of nitrogen functional groups attached to an aromatic ring is 1. The minimum absolute atomic E-state index is 0.769. The minimum Gasteiger partial charge on any atom is -0.398 e. The lowest BCUT2D eigenvalue weighted by Crippen LogP contribution is -2.02. The maximum Gasteiger partial charge on any atom is 0.196 e. The molecule has 19 heavy (non-hydrogen) atoms. The van der Waals surface area contributed by atoms with Gasteiger partial charge in [0.15, 0.2) is 5.16 Å². The number of anilines is 1. The number of halogens is 1. The standard InChI is InChI=1S/C13H15BrN4S/c14-9-5-6-11(10(15)8-9)19-13-17-16-12-4-2-1-3-7-18(12)13/h5-6,8H,1-4,7,15H2. The van der Waals surface area contributed by atoms with Crippen molar-refractivity contribution in [1.29, 1.82) is 0 Å². The summed E-state index contributed by atoms with van der Waals surface area (Å²) in [6.07, 6.45) is 4.72. The molecular formula is C13H15BrN4S. The number of fused-ring (bicyclic) bond motifs is 1. The smallest absolute Gasteiger partial charge is 0.196 e. The molecule has 0 spiro atoms. The first-order valence-electron chi connectivity index (χ1n) is 6.39. The zero-order valence-corrected chi connectivity index (χ0v) is 12.9. The fraction of sp³-hybridized carbons (Fsp3) is 0.385. The van der Waals surface area contributed by atoms with Crippen molar-refractivity contribution in [3.8, 4) is 0 Å². The van der Waals surface area contributed by atoms with Crippen LogP contribution in [0.15, 0.2) is 32.7 Å². The Labute approximate surface area is 124 Å². The average molecular weight is 339 g/mol. The number of rotatable bonds is 2. The molecule has 2 heterocycles. The molecule has 3 rings (SSSR count). The molecule has 0 atom stereocenters. The Bertz CT molecular complexity index is 596. The molecular weight excluding hydrogens is 324 g/mol. The summed E-state index contributed by atoms with van der Waals surface area (Å²) >= 11 is 5.02. The van der Waals surface area contributed by atoms with E-state index < -0.39 is 0 Å². The van der Waals surface area contributed by atoms with Gasteiger partial charge in [-0.25, -0.2) is 0 Å². The largest absolute Gasteiger partial charge is 0.398 e. The van der Waals surface area contributed by atoms with Gasteiger partial charge in [0.25, 0.3) is 0 Å². The van der Waals surface area contributed by atoms with Gasteiger partial charge in [0.2, 0.25) is 0 Å². The van der Waals surface area contributed by atoms with E-state index in [0.717, 1.165) is 39.0 Å². The van der Waals surface area contributed by atoms with Crippen LogP contribution in [0.4, 0.5) is 5.69 Å². The molecule has 0 unspecified atom stereocenters. The van der Waals surface area contributed by atoms with Gasteiger partial charge < -0.3 is 10.3 Å². The summed E-state index contributed by atoms with van der Waals surface area (Å²) in [6.45, 7) is 1.01. The number of benzene rings is 1. The van der Waals surface area contributed by atoms with Crippen LogP contribution in [-0.4, -0.2) is 14.8 Å². The molecule has 2 aromatic rings. The third kappa shape index (κ3) is 2.79. The lowest BCUT2D eigenvalue weighted by atomic mass is 10.2. The molecule has 0 bridgehead atoms. The molecule has 6 heteroatoms. The summed E-state index contributed by atoms with van der Waals surface area (Å²) in [4.78, 5) is 1.03. The predicted octanol–water partition coefficient (Wildman–Crippen LogP) is 3.50. The first kappa shape index (κ1) is 13.0. The highest BCUT2D eigenvalue weighted by atomic mass is 79.9. The highest BCUT2D eigenvalue weighted by molar-refractivity contribution is 9.10. The van der Waals surface area contributed by atoms with Crippen molar-refractivity contribution in [1.82, 2.24) is 14.8 Å². The zero-order chi connectivity index (χ0) is 13.2. The summed E-state index contributed by atoms with van der Waals surface area (Å²) in [6, 6.07) is 5.93. The number of aryl methyl sites for hydroxylation is 1. The van der Waals surface area contributed by atoms with Gasteiger partial charge in [-0.2, -0.15) is 0 Å². The van der Waals surface area contributed by atoms with Crippen molar-refractivity contribution < 1.29 is 0 Å². The quantitative estimate of drug-likeness (QED) is 0.851. The molecule has 100 valence electrons. The first-order chi connectivity index (χ1) is 9.24. The molecule has 1 aromatic carbocycles. The van der Waals surface area contributed by atoms with Crippen molar-refractivity contribution in [2.75, 3.05) is 5.73 Å². The molecule has 0 saturated carbocycles. The maximum atomic E-state index is 6.04. The van der Waals surface area contributed by atoms with Gasteiger partial charge in [-0.05, 0) is 42.8 Å². The fourth-order valence-corrected chi connectivity index (χ4v) is 3.52. The third-order valence-electron chi connectivity index (χ3n) is 3.25. The molecule has 1 aliphatic heterocycles. The van der Waals surface area contributed by atoms with Gasteiger partial charge in [0, 0.05) is 28.0 Å². The summed E-state index contributed by atoms with van der Waals surface area (Å²) < 4.78 is 3.23.